The van der Waals surface area contributed by atoms with Gasteiger partial charge >= 0.3 is 17.9 Å². The number of ether oxygens (including phenoxy) is 3. The number of carbonyl (C=O) groups excluding carboxylic acids is 4. The van der Waals surface area contributed by atoms with Gasteiger partial charge in [-0.2, -0.15) is 0 Å². The molecule has 200 valence electrons. The average molecular weight is 513 g/mol. The molecular weight excluding hydrogens is 476 g/mol. The van der Waals surface area contributed by atoms with Crippen LogP contribution in [0.3, 0.4) is 0 Å². The number of aliphatic hydroxyl groups is 1. The fourth-order valence-electron chi connectivity index (χ4n) is 7.36. The van der Waals surface area contributed by atoms with E-state index < -0.39 is 58.2 Å². The van der Waals surface area contributed by atoms with Crippen LogP contribution in [0.2, 0.25) is 0 Å². The minimum atomic E-state index is -1.19. The first-order valence-electron chi connectivity index (χ1n) is 12.6. The molecular formula is C29H36O8. The first kappa shape index (κ1) is 27.0. The quantitative estimate of drug-likeness (QED) is 0.441. The van der Waals surface area contributed by atoms with Gasteiger partial charge in [0.1, 0.15) is 18.8 Å². The van der Waals surface area contributed by atoms with Crippen molar-refractivity contribution >= 4 is 23.7 Å². The van der Waals surface area contributed by atoms with Crippen molar-refractivity contribution in [3.8, 4) is 0 Å². The van der Waals surface area contributed by atoms with E-state index >= 15 is 0 Å². The molecule has 0 aromatic carbocycles. The van der Waals surface area contributed by atoms with Crippen LogP contribution in [0.4, 0.5) is 0 Å². The molecule has 0 aromatic rings. The van der Waals surface area contributed by atoms with E-state index in [9.17, 15) is 24.3 Å². The molecule has 0 aromatic heterocycles. The third-order valence-electron chi connectivity index (χ3n) is 9.39. The van der Waals surface area contributed by atoms with E-state index in [2.05, 4.69) is 6.58 Å². The van der Waals surface area contributed by atoms with Gasteiger partial charge in [0.15, 0.2) is 5.78 Å². The Balaban J connectivity index is 1.86. The number of allylic oxidation sites excluding steroid dienone is 3. The average Bonchev–Trinajstić information content (AvgIpc) is 3.40. The predicted octanol–water partition coefficient (Wildman–Crippen LogP) is 3.25. The van der Waals surface area contributed by atoms with Crippen molar-refractivity contribution < 1.29 is 38.5 Å². The first-order chi connectivity index (χ1) is 17.2. The van der Waals surface area contributed by atoms with Crippen molar-refractivity contribution in [2.45, 2.75) is 59.7 Å². The van der Waals surface area contributed by atoms with Crippen molar-refractivity contribution in [3.63, 3.8) is 0 Å². The van der Waals surface area contributed by atoms with E-state index in [-0.39, 0.29) is 24.7 Å². The largest absolute Gasteiger partial charge is 0.469 e. The zero-order valence-corrected chi connectivity index (χ0v) is 22.3. The molecule has 1 fully saturated rings. The summed E-state index contributed by atoms with van der Waals surface area (Å²) in [6, 6.07) is 0. The summed E-state index contributed by atoms with van der Waals surface area (Å²) in [6.45, 7) is 13.3. The van der Waals surface area contributed by atoms with Crippen molar-refractivity contribution in [2.24, 2.45) is 34.0 Å². The highest BCUT2D eigenvalue weighted by Gasteiger charge is 2.64. The molecule has 0 saturated heterocycles. The molecule has 0 spiro atoms. The van der Waals surface area contributed by atoms with E-state index in [0.29, 0.717) is 17.6 Å². The number of fused-ring (bicyclic) bond motifs is 1. The van der Waals surface area contributed by atoms with E-state index in [1.54, 1.807) is 26.0 Å². The minimum absolute atomic E-state index is 0.0413. The van der Waals surface area contributed by atoms with Crippen LogP contribution in [-0.4, -0.2) is 54.7 Å². The molecule has 1 N–H and O–H groups in total. The number of cyclic esters (lactones) is 1. The molecule has 7 unspecified atom stereocenters. The number of hydrogen-bond acceptors (Lipinski definition) is 8. The maximum atomic E-state index is 13.0. The van der Waals surface area contributed by atoms with Crippen molar-refractivity contribution in [2.75, 3.05) is 13.7 Å². The second kappa shape index (κ2) is 9.08. The Morgan fingerprint density at radius 3 is 2.43 bits per heavy atom. The summed E-state index contributed by atoms with van der Waals surface area (Å²) in [7, 11) is 1.30. The Morgan fingerprint density at radius 1 is 1.19 bits per heavy atom. The fraction of sp³-hybridized carbons (Fsp3) is 0.586. The van der Waals surface area contributed by atoms with Crippen LogP contribution in [0.25, 0.3) is 0 Å². The summed E-state index contributed by atoms with van der Waals surface area (Å²) in [5.41, 5.74) is -0.855. The van der Waals surface area contributed by atoms with E-state index in [1.165, 1.54) is 20.1 Å². The molecule has 3 aliphatic carbocycles. The number of esters is 3. The number of rotatable bonds is 5. The van der Waals surface area contributed by atoms with Crippen molar-refractivity contribution in [1.82, 2.24) is 0 Å². The monoisotopic (exact) mass is 512 g/mol. The van der Waals surface area contributed by atoms with E-state index in [0.717, 1.165) is 5.57 Å². The lowest BCUT2D eigenvalue weighted by atomic mass is 9.47. The lowest BCUT2D eigenvalue weighted by molar-refractivity contribution is -0.177. The van der Waals surface area contributed by atoms with Crippen LogP contribution in [0.15, 0.2) is 47.6 Å². The summed E-state index contributed by atoms with van der Waals surface area (Å²) in [5.74, 6) is -3.13. The van der Waals surface area contributed by atoms with Gasteiger partial charge < -0.3 is 19.3 Å². The molecule has 8 nitrogen and oxygen atoms in total. The molecule has 7 atom stereocenters. The zero-order valence-electron chi connectivity index (χ0n) is 22.3. The second-order valence-corrected chi connectivity index (χ2v) is 11.6. The molecule has 4 aliphatic rings. The number of methoxy groups -OCH3 is 1. The standard InChI is InChI=1S/C29H36O8/c1-15-18-8-9-19(17-11-13-36-26(17)34)29(18,6)25(33)24(37-16(2)30)23(15)28(5)12-10-21(31)27(3,4)20(28)14-22(32)35-7/h8,10-12,19-20,23-25,33H,1,9,13-14H2,2-7H3. The second-order valence-electron chi connectivity index (χ2n) is 11.6. The fourth-order valence-corrected chi connectivity index (χ4v) is 7.36. The summed E-state index contributed by atoms with van der Waals surface area (Å²) in [4.78, 5) is 50.3. The van der Waals surface area contributed by atoms with Crippen molar-refractivity contribution in [1.29, 1.82) is 0 Å². The van der Waals surface area contributed by atoms with Crippen LogP contribution >= 0.6 is 0 Å². The molecule has 0 radical (unpaired) electrons. The van der Waals surface area contributed by atoms with Gasteiger partial charge in [-0.15, -0.1) is 0 Å². The lowest BCUT2D eigenvalue weighted by Crippen LogP contribution is -2.61. The summed E-state index contributed by atoms with van der Waals surface area (Å²) in [5, 5.41) is 12.0. The molecule has 8 heteroatoms. The summed E-state index contributed by atoms with van der Waals surface area (Å²) >= 11 is 0. The SMILES string of the molecule is C=C1C2=CCC(C3=CCOC3=O)C2(C)C(O)C(OC(C)=O)C1C1(C)C=CC(=O)C(C)(C)C1CC(=O)OC. The van der Waals surface area contributed by atoms with Gasteiger partial charge in [-0.1, -0.05) is 46.4 Å². The van der Waals surface area contributed by atoms with E-state index in [4.69, 9.17) is 14.2 Å². The van der Waals surface area contributed by atoms with Crippen LogP contribution < -0.4 is 0 Å². The highest BCUT2D eigenvalue weighted by molar-refractivity contribution is 5.96. The van der Waals surface area contributed by atoms with Crippen LogP contribution in [0, 0.1) is 34.0 Å². The van der Waals surface area contributed by atoms with Gasteiger partial charge in [0.05, 0.1) is 13.5 Å². The first-order valence-corrected chi connectivity index (χ1v) is 12.6. The van der Waals surface area contributed by atoms with Gasteiger partial charge in [0.2, 0.25) is 0 Å². The molecule has 1 aliphatic heterocycles. The number of ketones is 1. The van der Waals surface area contributed by atoms with Gasteiger partial charge in [-0.3, -0.25) is 14.4 Å². The lowest BCUT2D eigenvalue weighted by Gasteiger charge is -2.57. The van der Waals surface area contributed by atoms with Gasteiger partial charge in [-0.05, 0) is 35.6 Å². The molecule has 0 bridgehead atoms. The third-order valence-corrected chi connectivity index (χ3v) is 9.39. The molecule has 37 heavy (non-hydrogen) atoms. The van der Waals surface area contributed by atoms with Crippen LogP contribution in [-0.2, 0) is 33.4 Å². The smallest absolute Gasteiger partial charge is 0.334 e. The summed E-state index contributed by atoms with van der Waals surface area (Å²) in [6.07, 6.45) is 5.22. The highest BCUT2D eigenvalue weighted by Crippen LogP contribution is 2.64. The van der Waals surface area contributed by atoms with Gasteiger partial charge in [0, 0.05) is 40.6 Å². The van der Waals surface area contributed by atoms with Gasteiger partial charge in [-0.25, -0.2) is 4.79 Å². The molecule has 0 amide bonds. The number of carbonyl (C=O) groups is 4. The molecule has 1 heterocycles. The highest BCUT2D eigenvalue weighted by atomic mass is 16.6. The summed E-state index contributed by atoms with van der Waals surface area (Å²) < 4.78 is 16.0. The third kappa shape index (κ3) is 3.92. The Kier molecular flexibility index (Phi) is 6.64. The maximum Gasteiger partial charge on any atom is 0.334 e. The Bertz CT molecular complexity index is 1160. The molecule has 4 rings (SSSR count). The minimum Gasteiger partial charge on any atom is -0.469 e. The maximum absolute atomic E-state index is 13.0. The predicted molar refractivity (Wildman–Crippen MR) is 134 cm³/mol. The van der Waals surface area contributed by atoms with Gasteiger partial charge in [0.25, 0.3) is 0 Å². The topological polar surface area (TPSA) is 116 Å². The Hall–Kier alpha value is -3.00. The number of hydrogen-bond donors (Lipinski definition) is 1. The molecule has 1 saturated carbocycles. The zero-order chi connectivity index (χ0) is 27.5. The van der Waals surface area contributed by atoms with Crippen LogP contribution in [0.1, 0.15) is 47.5 Å². The normalized spacial score (nSPS) is 38.5. The van der Waals surface area contributed by atoms with Crippen LogP contribution in [0.5, 0.6) is 0 Å². The Labute approximate surface area is 217 Å². The Morgan fingerprint density at radius 2 is 1.86 bits per heavy atom. The number of aliphatic hydroxyl groups excluding tert-OH is 1. The van der Waals surface area contributed by atoms with Crippen molar-refractivity contribution in [3.05, 3.63) is 47.6 Å². The van der Waals surface area contributed by atoms with E-state index in [1.807, 2.05) is 19.9 Å².